The molecule has 1 N–H and O–H groups in total. The van der Waals surface area contributed by atoms with Gasteiger partial charge in [0, 0.05) is 16.7 Å². The number of rotatable bonds is 3. The first-order valence-corrected chi connectivity index (χ1v) is 5.91. The number of ether oxygens (including phenoxy) is 1. The minimum Gasteiger partial charge on any atom is -0.478 e. The first kappa shape index (κ1) is 12.8. The maximum Gasteiger partial charge on any atom is 0.335 e. The first-order valence-electron chi connectivity index (χ1n) is 4.74. The van der Waals surface area contributed by atoms with Crippen molar-refractivity contribution in [1.82, 2.24) is 9.97 Å². The van der Waals surface area contributed by atoms with Gasteiger partial charge < -0.3 is 9.84 Å². The lowest BCUT2D eigenvalue weighted by Crippen LogP contribution is -1.98. The first-order chi connectivity index (χ1) is 8.54. The van der Waals surface area contributed by atoms with Crippen LogP contribution in [-0.2, 0) is 0 Å². The Kier molecular flexibility index (Phi) is 3.78. The number of hydrogen-bond donors (Lipinski definition) is 1. The lowest BCUT2D eigenvalue weighted by atomic mass is 10.3. The predicted octanol–water partition coefficient (Wildman–Crippen LogP) is 3.38. The quantitative estimate of drug-likeness (QED) is 0.874. The molecule has 0 bridgehead atoms. The highest BCUT2D eigenvalue weighted by atomic mass is 79.9. The van der Waals surface area contributed by atoms with Crippen LogP contribution < -0.4 is 4.74 Å². The highest BCUT2D eigenvalue weighted by Crippen LogP contribution is 2.24. The number of nitrogens with zero attached hydrogens (tertiary/aromatic N) is 2. The molecule has 0 spiro atoms. The average molecular weight is 330 g/mol. The fourth-order valence-electron chi connectivity index (χ4n) is 1.22. The molecule has 92 valence electrons. The highest BCUT2D eigenvalue weighted by molar-refractivity contribution is 9.10. The highest BCUT2D eigenvalue weighted by Gasteiger charge is 2.09. The second kappa shape index (κ2) is 5.32. The van der Waals surface area contributed by atoms with Gasteiger partial charge >= 0.3 is 5.97 Å². The third-order valence-electron chi connectivity index (χ3n) is 1.92. The Morgan fingerprint density at radius 1 is 1.33 bits per heavy atom. The van der Waals surface area contributed by atoms with Crippen LogP contribution in [0.2, 0.25) is 5.15 Å². The molecule has 0 saturated carbocycles. The number of carboxylic acid groups (broad SMARTS) is 1. The van der Waals surface area contributed by atoms with E-state index >= 15 is 0 Å². The van der Waals surface area contributed by atoms with Gasteiger partial charge in [-0.15, -0.1) is 0 Å². The van der Waals surface area contributed by atoms with E-state index in [-0.39, 0.29) is 16.6 Å². The van der Waals surface area contributed by atoms with Crippen LogP contribution in [0.5, 0.6) is 11.6 Å². The van der Waals surface area contributed by atoms with E-state index in [0.717, 1.165) is 4.47 Å². The van der Waals surface area contributed by atoms with Gasteiger partial charge in [-0.3, -0.25) is 4.98 Å². The van der Waals surface area contributed by atoms with Crippen LogP contribution in [0.15, 0.2) is 35.1 Å². The predicted molar refractivity (Wildman–Crippen MR) is 68.2 cm³/mol. The summed E-state index contributed by atoms with van der Waals surface area (Å²) in [6, 6.07) is 4.21. The van der Waals surface area contributed by atoms with Crippen LogP contribution in [0.1, 0.15) is 10.4 Å². The summed E-state index contributed by atoms with van der Waals surface area (Å²) in [7, 11) is 0. The van der Waals surface area contributed by atoms with Gasteiger partial charge in [-0.1, -0.05) is 11.6 Å². The molecule has 0 aromatic carbocycles. The van der Waals surface area contributed by atoms with Gasteiger partial charge in [0.1, 0.15) is 10.9 Å². The SMILES string of the molecule is O=C(O)c1cc(Cl)nc(Oc2cncc(Br)c2)c1. The van der Waals surface area contributed by atoms with Crippen molar-refractivity contribution in [3.8, 4) is 11.6 Å². The lowest BCUT2D eigenvalue weighted by Gasteiger charge is -2.05. The molecule has 0 amide bonds. The largest absolute Gasteiger partial charge is 0.478 e. The Balaban J connectivity index is 2.31. The molecule has 7 heteroatoms. The van der Waals surface area contributed by atoms with Crippen molar-refractivity contribution in [2.75, 3.05) is 0 Å². The van der Waals surface area contributed by atoms with Crippen LogP contribution >= 0.6 is 27.5 Å². The molecular weight excluding hydrogens is 323 g/mol. The van der Waals surface area contributed by atoms with Gasteiger partial charge in [0.05, 0.1) is 11.8 Å². The zero-order chi connectivity index (χ0) is 13.1. The molecule has 18 heavy (non-hydrogen) atoms. The zero-order valence-electron chi connectivity index (χ0n) is 8.80. The summed E-state index contributed by atoms with van der Waals surface area (Å²) < 4.78 is 6.12. The van der Waals surface area contributed by atoms with Crippen LogP contribution in [0.4, 0.5) is 0 Å². The van der Waals surface area contributed by atoms with E-state index in [9.17, 15) is 4.79 Å². The van der Waals surface area contributed by atoms with E-state index in [0.29, 0.717) is 5.75 Å². The molecule has 5 nitrogen and oxygen atoms in total. The van der Waals surface area contributed by atoms with E-state index < -0.39 is 5.97 Å². The fourth-order valence-corrected chi connectivity index (χ4v) is 1.76. The Hall–Kier alpha value is -1.66. The topological polar surface area (TPSA) is 72.3 Å². The van der Waals surface area contributed by atoms with Crippen LogP contribution in [0.3, 0.4) is 0 Å². The minimum atomic E-state index is -1.10. The summed E-state index contributed by atoms with van der Waals surface area (Å²) in [5.74, 6) is -0.577. The number of pyridine rings is 2. The zero-order valence-corrected chi connectivity index (χ0v) is 11.1. The third-order valence-corrected chi connectivity index (χ3v) is 2.55. The van der Waals surface area contributed by atoms with Gasteiger partial charge in [-0.05, 0) is 28.1 Å². The molecule has 2 aromatic rings. The standard InChI is InChI=1S/C11H6BrClN2O3/c12-7-3-8(5-14-4-7)18-10-2-6(11(16)17)1-9(13)15-10/h1-5H,(H,16,17). The maximum atomic E-state index is 10.9. The molecule has 0 fully saturated rings. The second-order valence-electron chi connectivity index (χ2n) is 3.26. The van der Waals surface area contributed by atoms with Crippen LogP contribution in [0, 0.1) is 0 Å². The molecule has 0 radical (unpaired) electrons. The van der Waals surface area contributed by atoms with E-state index in [1.807, 2.05) is 0 Å². The van der Waals surface area contributed by atoms with Gasteiger partial charge in [0.15, 0.2) is 0 Å². The van der Waals surface area contributed by atoms with Gasteiger partial charge in [-0.2, -0.15) is 0 Å². The Morgan fingerprint density at radius 2 is 2.11 bits per heavy atom. The van der Waals surface area contributed by atoms with Crippen molar-refractivity contribution < 1.29 is 14.6 Å². The normalized spacial score (nSPS) is 10.1. The number of hydrogen-bond acceptors (Lipinski definition) is 4. The van der Waals surface area contributed by atoms with Gasteiger partial charge in [0.25, 0.3) is 0 Å². The number of aromatic nitrogens is 2. The summed E-state index contributed by atoms with van der Waals surface area (Å²) in [5.41, 5.74) is 0.00737. The maximum absolute atomic E-state index is 10.9. The molecule has 0 aliphatic carbocycles. The molecule has 2 rings (SSSR count). The van der Waals surface area contributed by atoms with Crippen molar-refractivity contribution >= 4 is 33.5 Å². The number of carbonyl (C=O) groups is 1. The van der Waals surface area contributed by atoms with E-state index in [4.69, 9.17) is 21.4 Å². The summed E-state index contributed by atoms with van der Waals surface area (Å²) >= 11 is 8.96. The summed E-state index contributed by atoms with van der Waals surface area (Å²) in [6.07, 6.45) is 3.08. The van der Waals surface area contributed by atoms with E-state index in [1.165, 1.54) is 18.3 Å². The minimum absolute atomic E-state index is 0.00737. The number of halogens is 2. The average Bonchev–Trinajstić information content (AvgIpc) is 2.28. The van der Waals surface area contributed by atoms with Crippen molar-refractivity contribution in [2.24, 2.45) is 0 Å². The van der Waals surface area contributed by atoms with E-state index in [2.05, 4.69) is 25.9 Å². The monoisotopic (exact) mass is 328 g/mol. The molecule has 0 aliphatic heterocycles. The third kappa shape index (κ3) is 3.18. The second-order valence-corrected chi connectivity index (χ2v) is 4.57. The molecule has 0 saturated heterocycles. The molecule has 0 unspecified atom stereocenters. The summed E-state index contributed by atoms with van der Waals surface area (Å²) in [4.78, 5) is 18.6. The molecule has 2 heterocycles. The summed E-state index contributed by atoms with van der Waals surface area (Å²) in [5, 5.41) is 8.93. The van der Waals surface area contributed by atoms with Crippen molar-refractivity contribution in [2.45, 2.75) is 0 Å². The molecule has 2 aromatic heterocycles. The smallest absolute Gasteiger partial charge is 0.335 e. The number of carboxylic acids is 1. The number of aromatic carboxylic acids is 1. The van der Waals surface area contributed by atoms with Crippen molar-refractivity contribution in [1.29, 1.82) is 0 Å². The van der Waals surface area contributed by atoms with Gasteiger partial charge in [-0.25, -0.2) is 9.78 Å². The Morgan fingerprint density at radius 3 is 2.78 bits per heavy atom. The summed E-state index contributed by atoms with van der Waals surface area (Å²) in [6.45, 7) is 0. The van der Waals surface area contributed by atoms with Crippen LogP contribution in [-0.4, -0.2) is 21.0 Å². The molecular formula is C11H6BrClN2O3. The molecule has 0 aliphatic rings. The fraction of sp³-hybridized carbons (Fsp3) is 0. The molecule has 0 atom stereocenters. The van der Waals surface area contributed by atoms with Crippen molar-refractivity contribution in [3.05, 3.63) is 45.8 Å². The Labute approximate surface area is 116 Å². The van der Waals surface area contributed by atoms with E-state index in [1.54, 1.807) is 12.3 Å². The van der Waals surface area contributed by atoms with Gasteiger partial charge in [0.2, 0.25) is 5.88 Å². The Bertz CT molecular complexity index is 607. The van der Waals surface area contributed by atoms with Crippen molar-refractivity contribution in [3.63, 3.8) is 0 Å². The van der Waals surface area contributed by atoms with Crippen LogP contribution in [0.25, 0.3) is 0 Å². The lowest BCUT2D eigenvalue weighted by molar-refractivity contribution is 0.0696.